The third kappa shape index (κ3) is 5.34. The molecule has 1 aliphatic carbocycles. The summed E-state index contributed by atoms with van der Waals surface area (Å²) in [6.07, 6.45) is 6.81. The molecule has 2 amide bonds. The van der Waals surface area contributed by atoms with Crippen LogP contribution in [0.15, 0.2) is 5.38 Å². The van der Waals surface area contributed by atoms with Crippen LogP contribution in [0.1, 0.15) is 47.6 Å². The lowest BCUT2D eigenvalue weighted by atomic mass is 9.89. The molecule has 0 unspecified atom stereocenters. The Bertz CT molecular complexity index is 484. The van der Waals surface area contributed by atoms with E-state index in [0.717, 1.165) is 11.6 Å². The highest BCUT2D eigenvalue weighted by atomic mass is 32.1. The largest absolute Gasteiger partial charge is 0.476 e. The Hall–Kier alpha value is -1.63. The van der Waals surface area contributed by atoms with Crippen molar-refractivity contribution in [3.05, 3.63) is 16.1 Å². The highest BCUT2D eigenvalue weighted by Gasteiger charge is 2.14. The van der Waals surface area contributed by atoms with Gasteiger partial charge in [0.2, 0.25) is 0 Å². The number of hydrogen-bond acceptors (Lipinski definition) is 4. The van der Waals surface area contributed by atoms with Crippen molar-refractivity contribution < 1.29 is 14.7 Å². The average Bonchev–Trinajstić information content (AvgIpc) is 2.95. The summed E-state index contributed by atoms with van der Waals surface area (Å²) in [4.78, 5) is 26.3. The van der Waals surface area contributed by atoms with Crippen LogP contribution < -0.4 is 10.6 Å². The van der Waals surface area contributed by atoms with E-state index in [-0.39, 0.29) is 11.7 Å². The smallest absolute Gasteiger partial charge is 0.355 e. The lowest BCUT2D eigenvalue weighted by Crippen LogP contribution is -2.39. The summed E-state index contributed by atoms with van der Waals surface area (Å²) in [6, 6.07) is -0.157. The van der Waals surface area contributed by atoms with Crippen LogP contribution in [0.5, 0.6) is 0 Å². The summed E-state index contributed by atoms with van der Waals surface area (Å²) < 4.78 is 0. The van der Waals surface area contributed by atoms with Crippen LogP contribution in [0.25, 0.3) is 0 Å². The summed E-state index contributed by atoms with van der Waals surface area (Å²) in [7, 11) is 0. The molecular formula is C14H21N3O3S. The SMILES string of the molecule is O=C(NCCc1nc(C(=O)O)cs1)NCC1CCCCC1. The molecule has 1 aliphatic rings. The Kier molecular flexibility index (Phi) is 5.98. The fourth-order valence-corrected chi connectivity index (χ4v) is 3.27. The van der Waals surface area contributed by atoms with E-state index in [1.54, 1.807) is 0 Å². The molecule has 0 radical (unpaired) electrons. The van der Waals surface area contributed by atoms with Crippen molar-refractivity contribution in [3.8, 4) is 0 Å². The number of carbonyl (C=O) groups excluding carboxylic acids is 1. The molecule has 1 heterocycles. The molecule has 0 aliphatic heterocycles. The van der Waals surface area contributed by atoms with Gasteiger partial charge in [-0.15, -0.1) is 11.3 Å². The third-order valence-electron chi connectivity index (χ3n) is 3.67. The molecule has 6 nitrogen and oxygen atoms in total. The number of nitrogens with zero attached hydrogens (tertiary/aromatic N) is 1. The highest BCUT2D eigenvalue weighted by Crippen LogP contribution is 2.22. The molecule has 1 aromatic rings. The van der Waals surface area contributed by atoms with E-state index in [4.69, 9.17) is 5.11 Å². The number of carbonyl (C=O) groups is 2. The summed E-state index contributed by atoms with van der Waals surface area (Å²) in [6.45, 7) is 1.20. The minimum atomic E-state index is -1.02. The second-order valence-electron chi connectivity index (χ2n) is 5.32. The van der Waals surface area contributed by atoms with Crippen LogP contribution in [0.2, 0.25) is 0 Å². The van der Waals surface area contributed by atoms with Crippen LogP contribution in [0.3, 0.4) is 0 Å². The van der Waals surface area contributed by atoms with Crippen LogP contribution in [-0.2, 0) is 6.42 Å². The molecular weight excluding hydrogens is 290 g/mol. The third-order valence-corrected chi connectivity index (χ3v) is 4.58. The van der Waals surface area contributed by atoms with Crippen molar-refractivity contribution in [2.24, 2.45) is 5.92 Å². The number of aromatic carboxylic acids is 1. The van der Waals surface area contributed by atoms with E-state index in [1.165, 1.54) is 48.8 Å². The Balaban J connectivity index is 1.61. The maximum absolute atomic E-state index is 11.7. The zero-order chi connectivity index (χ0) is 15.1. The van der Waals surface area contributed by atoms with Crippen molar-refractivity contribution in [1.82, 2.24) is 15.6 Å². The maximum Gasteiger partial charge on any atom is 0.355 e. The van der Waals surface area contributed by atoms with Gasteiger partial charge >= 0.3 is 12.0 Å². The van der Waals surface area contributed by atoms with Crippen LogP contribution in [0.4, 0.5) is 4.79 Å². The predicted molar refractivity (Wildman–Crippen MR) is 80.8 cm³/mol. The highest BCUT2D eigenvalue weighted by molar-refractivity contribution is 7.09. The molecule has 0 atom stereocenters. The summed E-state index contributed by atoms with van der Waals surface area (Å²) >= 11 is 1.30. The minimum Gasteiger partial charge on any atom is -0.476 e. The number of amides is 2. The van der Waals surface area contributed by atoms with Gasteiger partial charge in [0, 0.05) is 24.9 Å². The normalized spacial score (nSPS) is 15.6. The average molecular weight is 311 g/mol. The molecule has 0 spiro atoms. The maximum atomic E-state index is 11.7. The Morgan fingerprint density at radius 3 is 2.71 bits per heavy atom. The fraction of sp³-hybridized carbons (Fsp3) is 0.643. The van der Waals surface area contributed by atoms with Gasteiger partial charge in [-0.2, -0.15) is 0 Å². The number of aromatic nitrogens is 1. The first-order valence-electron chi connectivity index (χ1n) is 7.34. The number of carboxylic acid groups (broad SMARTS) is 1. The van der Waals surface area contributed by atoms with Crippen LogP contribution in [-0.4, -0.2) is 35.2 Å². The molecule has 2 rings (SSSR count). The van der Waals surface area contributed by atoms with Gasteiger partial charge < -0.3 is 15.7 Å². The molecule has 0 saturated heterocycles. The molecule has 7 heteroatoms. The van der Waals surface area contributed by atoms with Gasteiger partial charge in [0.1, 0.15) is 0 Å². The number of hydrogen-bond donors (Lipinski definition) is 3. The number of rotatable bonds is 6. The molecule has 1 aromatic heterocycles. The first-order valence-corrected chi connectivity index (χ1v) is 8.22. The van der Waals surface area contributed by atoms with Gasteiger partial charge in [-0.1, -0.05) is 19.3 Å². The first kappa shape index (κ1) is 15.8. The fourth-order valence-electron chi connectivity index (χ4n) is 2.50. The number of nitrogens with one attached hydrogen (secondary N) is 2. The van der Waals surface area contributed by atoms with Gasteiger partial charge in [-0.05, 0) is 18.8 Å². The van der Waals surface area contributed by atoms with Crippen molar-refractivity contribution >= 4 is 23.3 Å². The van der Waals surface area contributed by atoms with E-state index < -0.39 is 5.97 Å². The number of thiazole rings is 1. The van der Waals surface area contributed by atoms with Crippen molar-refractivity contribution in [2.45, 2.75) is 38.5 Å². The lowest BCUT2D eigenvalue weighted by molar-refractivity contribution is 0.0691. The van der Waals surface area contributed by atoms with Crippen molar-refractivity contribution in [3.63, 3.8) is 0 Å². The standard InChI is InChI=1S/C14H21N3O3S/c18-13(19)11-9-21-12(17-11)6-7-15-14(20)16-8-10-4-2-1-3-5-10/h9-10H,1-8H2,(H,18,19)(H2,15,16,20). The van der Waals surface area contributed by atoms with Gasteiger partial charge in [-0.3, -0.25) is 0 Å². The van der Waals surface area contributed by atoms with E-state index in [0.29, 0.717) is 18.9 Å². The molecule has 1 saturated carbocycles. The zero-order valence-electron chi connectivity index (χ0n) is 11.9. The molecule has 116 valence electrons. The van der Waals surface area contributed by atoms with Crippen molar-refractivity contribution in [1.29, 1.82) is 0 Å². The summed E-state index contributed by atoms with van der Waals surface area (Å²) in [5, 5.41) is 16.7. The Labute approximate surface area is 128 Å². The number of urea groups is 1. The van der Waals surface area contributed by atoms with Crippen LogP contribution >= 0.6 is 11.3 Å². The topological polar surface area (TPSA) is 91.3 Å². The number of carboxylic acids is 1. The van der Waals surface area contributed by atoms with Gasteiger partial charge in [0.15, 0.2) is 5.69 Å². The quantitative estimate of drug-likeness (QED) is 0.751. The molecule has 0 bridgehead atoms. The second-order valence-corrected chi connectivity index (χ2v) is 6.27. The van der Waals surface area contributed by atoms with Gasteiger partial charge in [-0.25, -0.2) is 14.6 Å². The summed E-state index contributed by atoms with van der Waals surface area (Å²) in [5.74, 6) is -0.405. The van der Waals surface area contributed by atoms with E-state index in [1.807, 2.05) is 0 Å². The van der Waals surface area contributed by atoms with E-state index in [2.05, 4.69) is 15.6 Å². The van der Waals surface area contributed by atoms with Crippen molar-refractivity contribution in [2.75, 3.05) is 13.1 Å². The summed E-state index contributed by atoms with van der Waals surface area (Å²) in [5.41, 5.74) is 0.0664. The first-order chi connectivity index (χ1) is 10.1. The predicted octanol–water partition coefficient (Wildman–Crippen LogP) is 2.26. The minimum absolute atomic E-state index is 0.0664. The second kappa shape index (κ2) is 7.97. The van der Waals surface area contributed by atoms with Gasteiger partial charge in [0.25, 0.3) is 0 Å². The van der Waals surface area contributed by atoms with Gasteiger partial charge in [0.05, 0.1) is 5.01 Å². The molecule has 3 N–H and O–H groups in total. The van der Waals surface area contributed by atoms with E-state index >= 15 is 0 Å². The molecule has 1 fully saturated rings. The Morgan fingerprint density at radius 2 is 2.05 bits per heavy atom. The molecule has 21 heavy (non-hydrogen) atoms. The molecule has 0 aromatic carbocycles. The monoisotopic (exact) mass is 311 g/mol. The Morgan fingerprint density at radius 1 is 1.29 bits per heavy atom. The van der Waals surface area contributed by atoms with E-state index in [9.17, 15) is 9.59 Å². The zero-order valence-corrected chi connectivity index (χ0v) is 12.7. The lowest BCUT2D eigenvalue weighted by Gasteiger charge is -2.21. The van der Waals surface area contributed by atoms with Crippen LogP contribution in [0, 0.1) is 5.92 Å².